The Bertz CT molecular complexity index is 867. The van der Waals surface area contributed by atoms with Gasteiger partial charge in [-0.05, 0) is 50.5 Å². The normalized spacial score (nSPS) is 11.0. The average Bonchev–Trinajstić information content (AvgIpc) is 2.90. The lowest BCUT2D eigenvalue weighted by molar-refractivity contribution is -0.170. The Morgan fingerprint density at radius 3 is 1.77 bits per heavy atom. The Labute approximate surface area is 242 Å². The van der Waals surface area contributed by atoms with Gasteiger partial charge in [-0.3, -0.25) is 9.59 Å². The molecule has 0 aliphatic heterocycles. The van der Waals surface area contributed by atoms with E-state index in [1.54, 1.807) is 0 Å². The number of aliphatic carboxylic acids is 3. The van der Waals surface area contributed by atoms with Gasteiger partial charge in [-0.25, -0.2) is 4.79 Å². The third-order valence-electron chi connectivity index (χ3n) is 6.13. The number of nitrogens with one attached hydrogen (secondary N) is 1. The van der Waals surface area contributed by atoms with Gasteiger partial charge in [0.25, 0.3) is 0 Å². The average molecular weight is 587 g/mol. The van der Waals surface area contributed by atoms with E-state index in [0.29, 0.717) is 6.61 Å². The van der Waals surface area contributed by atoms with Crippen molar-refractivity contribution in [3.8, 4) is 5.75 Å². The summed E-state index contributed by atoms with van der Waals surface area (Å²) in [6, 6.07) is 9.96. The van der Waals surface area contributed by atoms with E-state index in [1.807, 2.05) is 30.3 Å². The minimum Gasteiger partial charge on any atom is -0.492 e. The first-order valence-corrected chi connectivity index (χ1v) is 13.9. The van der Waals surface area contributed by atoms with Crippen molar-refractivity contribution in [3.05, 3.63) is 30.3 Å². The van der Waals surface area contributed by atoms with Crippen LogP contribution in [0.3, 0.4) is 0 Å². The van der Waals surface area contributed by atoms with E-state index in [1.165, 1.54) is 0 Å². The highest BCUT2D eigenvalue weighted by atomic mass is 32.1. The van der Waals surface area contributed by atoms with Gasteiger partial charge < -0.3 is 45.2 Å². The number of carbonyl (C=O) groups is 3. The minimum atomic E-state index is -2.74. The quantitative estimate of drug-likeness (QED) is 0.149. The van der Waals surface area contributed by atoms with Gasteiger partial charge in [0.05, 0.1) is 19.4 Å². The first-order chi connectivity index (χ1) is 18.9. The maximum atomic E-state index is 10.3. The number of likely N-dealkylation sites (N-methyl/N-ethyl adjacent to an activating group) is 2. The van der Waals surface area contributed by atoms with Crippen LogP contribution < -0.4 is 10.1 Å². The molecule has 0 unspecified atom stereocenters. The van der Waals surface area contributed by atoms with E-state index in [-0.39, 0.29) is 0 Å². The highest BCUT2D eigenvalue weighted by Crippen LogP contribution is 2.15. The van der Waals surface area contributed by atoms with Gasteiger partial charge in [-0.2, -0.15) is 0 Å². The number of aliphatic hydroxyl groups is 1. The summed E-state index contributed by atoms with van der Waals surface area (Å²) in [6.07, 6.45) is -2.29. The first-order valence-electron chi connectivity index (χ1n) is 13.5. The molecule has 5 N–H and O–H groups in total. The molecule has 0 radical (unpaired) electrons. The highest BCUT2D eigenvalue weighted by Gasteiger charge is 2.40. The number of para-hydroxylation sites is 1. The van der Waals surface area contributed by atoms with Gasteiger partial charge in [0.15, 0.2) is 10.7 Å². The summed E-state index contributed by atoms with van der Waals surface area (Å²) < 4.78 is 5.87. The fourth-order valence-corrected chi connectivity index (χ4v) is 3.88. The van der Waals surface area contributed by atoms with Crippen molar-refractivity contribution in [2.75, 3.05) is 65.5 Å². The Kier molecular flexibility index (Phi) is 19.3. The number of carboxylic acid groups (broad SMARTS) is 3. The lowest BCUT2D eigenvalue weighted by atomic mass is 9.96. The molecule has 0 aliphatic carbocycles. The maximum absolute atomic E-state index is 10.3. The van der Waals surface area contributed by atoms with Crippen LogP contribution in [0.25, 0.3) is 0 Å². The predicted octanol–water partition coefficient (Wildman–Crippen LogP) is 1.68. The number of thiocarbonyl (C=S) groups is 1. The lowest BCUT2D eigenvalue weighted by Crippen LogP contribution is -2.47. The molecule has 1 rings (SSSR count). The molecule has 1 aromatic carbocycles. The van der Waals surface area contributed by atoms with Crippen LogP contribution in [-0.2, 0) is 14.4 Å². The molecule has 12 nitrogen and oxygen atoms in total. The van der Waals surface area contributed by atoms with Gasteiger partial charge in [-0.15, -0.1) is 0 Å². The summed E-state index contributed by atoms with van der Waals surface area (Å²) in [7, 11) is 0. The molecule has 0 bridgehead atoms. The van der Waals surface area contributed by atoms with Crippen LogP contribution in [0.15, 0.2) is 30.3 Å². The molecule has 0 aliphatic rings. The zero-order chi connectivity index (χ0) is 30.6. The van der Waals surface area contributed by atoms with E-state index in [0.717, 1.165) is 69.8 Å². The van der Waals surface area contributed by atoms with Crippen LogP contribution >= 0.6 is 12.2 Å². The van der Waals surface area contributed by atoms with Crippen molar-refractivity contribution in [3.63, 3.8) is 0 Å². The monoisotopic (exact) mass is 586 g/mol. The van der Waals surface area contributed by atoms with E-state index >= 15 is 0 Å². The Morgan fingerprint density at radius 1 is 0.825 bits per heavy atom. The van der Waals surface area contributed by atoms with Gasteiger partial charge in [0, 0.05) is 26.2 Å². The molecular formula is C27H46N4O8S. The molecule has 0 amide bonds. The molecule has 0 saturated carbocycles. The SMILES string of the molecule is CCN(CC)CCNC(=S)N(CCOc1ccccc1)CCN(CC)CC.O=C(O)CC(O)(CC(=O)O)C(=O)O. The molecule has 1 aromatic rings. The Hall–Kier alpha value is -3.00. The van der Waals surface area contributed by atoms with Crippen molar-refractivity contribution in [1.82, 2.24) is 20.0 Å². The fraction of sp³-hybridized carbons (Fsp3) is 0.630. The zero-order valence-corrected chi connectivity index (χ0v) is 24.9. The van der Waals surface area contributed by atoms with Crippen molar-refractivity contribution in [1.29, 1.82) is 0 Å². The fourth-order valence-electron chi connectivity index (χ4n) is 3.59. The topological polar surface area (TPSA) is 163 Å². The molecule has 0 spiro atoms. The summed E-state index contributed by atoms with van der Waals surface area (Å²) in [5, 5.41) is 38.1. The molecule has 13 heteroatoms. The third-order valence-corrected chi connectivity index (χ3v) is 6.53. The van der Waals surface area contributed by atoms with Crippen LogP contribution in [0.1, 0.15) is 40.5 Å². The molecule has 0 fully saturated rings. The molecular weight excluding hydrogens is 540 g/mol. The Morgan fingerprint density at radius 2 is 1.32 bits per heavy atom. The standard InChI is InChI=1S/C21H38N4OS.C6H8O7/c1-5-23(6-2)15-14-22-21(27)25(17-16-24(7-3)8-4)18-19-26-20-12-10-9-11-13-20;7-3(8)1-6(13,5(11)12)2-4(9)10/h9-13H,5-8,14-19H2,1-4H3,(H,22,27);13H,1-2H2,(H,7,8)(H,9,10)(H,11,12). The van der Waals surface area contributed by atoms with E-state index in [9.17, 15) is 14.4 Å². The van der Waals surface area contributed by atoms with Crippen molar-refractivity contribution in [2.24, 2.45) is 0 Å². The van der Waals surface area contributed by atoms with Crippen LogP contribution in [0, 0.1) is 0 Å². The molecule has 0 heterocycles. The Balaban J connectivity index is 0.000000983. The summed E-state index contributed by atoms with van der Waals surface area (Å²) in [6.45, 7) is 18.3. The summed E-state index contributed by atoms with van der Waals surface area (Å²) in [5.74, 6) is -4.11. The highest BCUT2D eigenvalue weighted by molar-refractivity contribution is 7.80. The third kappa shape index (κ3) is 16.2. The van der Waals surface area contributed by atoms with Gasteiger partial charge >= 0.3 is 17.9 Å². The molecule has 0 aromatic heterocycles. The minimum absolute atomic E-state index is 0.625. The molecule has 40 heavy (non-hydrogen) atoms. The number of benzene rings is 1. The van der Waals surface area contributed by atoms with Crippen molar-refractivity contribution in [2.45, 2.75) is 46.1 Å². The van der Waals surface area contributed by atoms with E-state index in [4.69, 9.17) is 37.4 Å². The van der Waals surface area contributed by atoms with E-state index in [2.05, 4.69) is 47.7 Å². The number of ether oxygens (including phenoxy) is 1. The first kappa shape index (κ1) is 37.0. The maximum Gasteiger partial charge on any atom is 0.336 e. The number of hydrogen-bond acceptors (Lipinski definition) is 8. The summed E-state index contributed by atoms with van der Waals surface area (Å²) in [4.78, 5) is 37.5. The number of hydrogen-bond donors (Lipinski definition) is 5. The van der Waals surface area contributed by atoms with Crippen LogP contribution in [0.5, 0.6) is 5.75 Å². The zero-order valence-electron chi connectivity index (χ0n) is 24.0. The number of carboxylic acids is 3. The van der Waals surface area contributed by atoms with Crippen LogP contribution in [0.2, 0.25) is 0 Å². The second-order valence-corrected chi connectivity index (χ2v) is 9.30. The van der Waals surface area contributed by atoms with E-state index < -0.39 is 36.4 Å². The van der Waals surface area contributed by atoms with Crippen LogP contribution in [-0.4, -0.2) is 129 Å². The molecule has 0 saturated heterocycles. The lowest BCUT2D eigenvalue weighted by Gasteiger charge is -2.29. The smallest absolute Gasteiger partial charge is 0.336 e. The molecule has 228 valence electrons. The van der Waals surface area contributed by atoms with Gasteiger partial charge in [0.2, 0.25) is 0 Å². The second-order valence-electron chi connectivity index (χ2n) is 8.91. The largest absolute Gasteiger partial charge is 0.492 e. The summed E-state index contributed by atoms with van der Waals surface area (Å²) in [5.41, 5.74) is -2.74. The summed E-state index contributed by atoms with van der Waals surface area (Å²) >= 11 is 5.68. The van der Waals surface area contributed by atoms with Crippen LogP contribution in [0.4, 0.5) is 0 Å². The second kappa shape index (κ2) is 20.8. The predicted molar refractivity (Wildman–Crippen MR) is 157 cm³/mol. The van der Waals surface area contributed by atoms with Crippen molar-refractivity contribution >= 4 is 35.2 Å². The van der Waals surface area contributed by atoms with Gasteiger partial charge in [0.1, 0.15) is 12.4 Å². The van der Waals surface area contributed by atoms with Crippen molar-refractivity contribution < 1.29 is 39.5 Å². The molecule has 0 atom stereocenters. The number of nitrogens with zero attached hydrogens (tertiary/aromatic N) is 3. The van der Waals surface area contributed by atoms with Gasteiger partial charge in [-0.1, -0.05) is 45.9 Å². The number of rotatable bonds is 19.